The van der Waals surface area contributed by atoms with Crippen molar-refractivity contribution >= 4 is 0 Å². The van der Waals surface area contributed by atoms with Crippen LogP contribution in [0.4, 0.5) is 0 Å². The van der Waals surface area contributed by atoms with E-state index < -0.39 is 6.10 Å². The maximum Gasteiger partial charge on any atom is 0.129 e. The van der Waals surface area contributed by atoms with Gasteiger partial charge in [0.2, 0.25) is 0 Å². The van der Waals surface area contributed by atoms with E-state index in [1.54, 1.807) is 18.6 Å². The van der Waals surface area contributed by atoms with Crippen molar-refractivity contribution in [2.75, 3.05) is 0 Å². The highest BCUT2D eigenvalue weighted by atomic mass is 16.3. The standard InChI is InChI=1S/C18H18N4O/c23-15-11-12-5-1-2-6-13(12)16(15)22-17(18-20-9-10-21-18)14-7-3-4-8-19-14/h1-10,15-17,22-23H,11H2,(H,20,21)/t15-,16+,17?/m0/s1. The van der Waals surface area contributed by atoms with E-state index in [2.05, 4.69) is 32.4 Å². The Morgan fingerprint density at radius 1 is 1.09 bits per heavy atom. The second-order valence-electron chi connectivity index (χ2n) is 5.78. The van der Waals surface area contributed by atoms with Crippen molar-refractivity contribution in [1.29, 1.82) is 0 Å². The summed E-state index contributed by atoms with van der Waals surface area (Å²) in [6.07, 6.45) is 5.51. The van der Waals surface area contributed by atoms with Crippen LogP contribution in [0.25, 0.3) is 0 Å². The molecule has 0 aliphatic heterocycles. The van der Waals surface area contributed by atoms with Crippen molar-refractivity contribution in [3.05, 3.63) is 83.7 Å². The molecular weight excluding hydrogens is 288 g/mol. The van der Waals surface area contributed by atoms with Crippen LogP contribution in [0.1, 0.15) is 34.7 Å². The Morgan fingerprint density at radius 2 is 1.96 bits per heavy atom. The van der Waals surface area contributed by atoms with Gasteiger partial charge in [0.1, 0.15) is 11.9 Å². The first kappa shape index (κ1) is 14.1. The highest BCUT2D eigenvalue weighted by molar-refractivity contribution is 5.37. The van der Waals surface area contributed by atoms with Gasteiger partial charge < -0.3 is 10.1 Å². The van der Waals surface area contributed by atoms with E-state index in [-0.39, 0.29) is 12.1 Å². The van der Waals surface area contributed by atoms with Crippen LogP contribution in [-0.4, -0.2) is 26.2 Å². The molecule has 1 aliphatic rings. The summed E-state index contributed by atoms with van der Waals surface area (Å²) >= 11 is 0. The van der Waals surface area contributed by atoms with E-state index in [4.69, 9.17) is 0 Å². The molecule has 1 unspecified atom stereocenters. The molecule has 3 N–H and O–H groups in total. The molecule has 5 heteroatoms. The predicted molar refractivity (Wildman–Crippen MR) is 86.7 cm³/mol. The Labute approximate surface area is 134 Å². The summed E-state index contributed by atoms with van der Waals surface area (Å²) in [6.45, 7) is 0. The largest absolute Gasteiger partial charge is 0.391 e. The van der Waals surface area contributed by atoms with Gasteiger partial charge in [0, 0.05) is 25.0 Å². The highest BCUT2D eigenvalue weighted by Crippen LogP contribution is 2.34. The van der Waals surface area contributed by atoms with Crippen LogP contribution in [-0.2, 0) is 6.42 Å². The molecule has 4 rings (SSSR count). The maximum absolute atomic E-state index is 10.5. The first-order chi connectivity index (χ1) is 11.3. The molecule has 0 saturated heterocycles. The number of pyridine rings is 1. The fourth-order valence-electron chi connectivity index (χ4n) is 3.24. The van der Waals surface area contributed by atoms with Gasteiger partial charge in [-0.2, -0.15) is 0 Å². The highest BCUT2D eigenvalue weighted by Gasteiger charge is 2.33. The third-order valence-electron chi connectivity index (χ3n) is 4.33. The van der Waals surface area contributed by atoms with Gasteiger partial charge in [-0.3, -0.25) is 10.3 Å². The lowest BCUT2D eigenvalue weighted by atomic mass is 10.0. The van der Waals surface area contributed by atoms with E-state index in [0.717, 1.165) is 17.1 Å². The topological polar surface area (TPSA) is 73.8 Å². The quantitative estimate of drug-likeness (QED) is 0.690. The zero-order valence-electron chi connectivity index (χ0n) is 12.6. The van der Waals surface area contributed by atoms with Gasteiger partial charge in [-0.25, -0.2) is 4.98 Å². The Morgan fingerprint density at radius 3 is 2.74 bits per heavy atom. The van der Waals surface area contributed by atoms with E-state index in [1.807, 2.05) is 30.3 Å². The summed E-state index contributed by atoms with van der Waals surface area (Å²) in [5.41, 5.74) is 3.21. The second kappa shape index (κ2) is 5.95. The van der Waals surface area contributed by atoms with Crippen LogP contribution < -0.4 is 5.32 Å². The molecule has 23 heavy (non-hydrogen) atoms. The van der Waals surface area contributed by atoms with Crippen molar-refractivity contribution < 1.29 is 5.11 Å². The fourth-order valence-corrected chi connectivity index (χ4v) is 3.24. The number of nitrogens with one attached hydrogen (secondary N) is 2. The third kappa shape index (κ3) is 2.65. The number of aliphatic hydroxyl groups is 1. The van der Waals surface area contributed by atoms with Gasteiger partial charge >= 0.3 is 0 Å². The molecule has 116 valence electrons. The molecule has 1 aliphatic carbocycles. The lowest BCUT2D eigenvalue weighted by molar-refractivity contribution is 0.136. The number of nitrogens with zero attached hydrogens (tertiary/aromatic N) is 2. The molecule has 0 radical (unpaired) electrons. The van der Waals surface area contributed by atoms with E-state index >= 15 is 0 Å². The fraction of sp³-hybridized carbons (Fsp3) is 0.222. The minimum atomic E-state index is -0.450. The van der Waals surface area contributed by atoms with Crippen molar-refractivity contribution in [2.45, 2.75) is 24.6 Å². The maximum atomic E-state index is 10.5. The second-order valence-corrected chi connectivity index (χ2v) is 5.78. The Kier molecular flexibility index (Phi) is 3.65. The average molecular weight is 306 g/mol. The van der Waals surface area contributed by atoms with Crippen molar-refractivity contribution in [3.8, 4) is 0 Å². The smallest absolute Gasteiger partial charge is 0.129 e. The summed E-state index contributed by atoms with van der Waals surface area (Å²) in [7, 11) is 0. The Bertz CT molecular complexity index is 773. The molecule has 0 bridgehead atoms. The molecule has 0 saturated carbocycles. The summed E-state index contributed by atoms with van der Waals surface area (Å²) in [4.78, 5) is 12.0. The van der Waals surface area contributed by atoms with Crippen LogP contribution in [0.2, 0.25) is 0 Å². The van der Waals surface area contributed by atoms with Gasteiger partial charge in [0.25, 0.3) is 0 Å². The molecule has 3 atom stereocenters. The molecule has 1 aromatic carbocycles. The average Bonchev–Trinajstić information content (AvgIpc) is 3.21. The van der Waals surface area contributed by atoms with Crippen LogP contribution in [0.5, 0.6) is 0 Å². The summed E-state index contributed by atoms with van der Waals surface area (Å²) in [6, 6.07) is 13.6. The predicted octanol–water partition coefficient (Wildman–Crippen LogP) is 2.14. The zero-order valence-corrected chi connectivity index (χ0v) is 12.6. The van der Waals surface area contributed by atoms with Crippen LogP contribution in [0, 0.1) is 0 Å². The first-order valence-electron chi connectivity index (χ1n) is 7.75. The summed E-state index contributed by atoms with van der Waals surface area (Å²) in [5, 5.41) is 14.0. The van der Waals surface area contributed by atoms with E-state index in [1.165, 1.54) is 5.56 Å². The Balaban J connectivity index is 1.69. The third-order valence-corrected chi connectivity index (χ3v) is 4.33. The lowest BCUT2D eigenvalue weighted by Gasteiger charge is -2.24. The van der Waals surface area contributed by atoms with Crippen LogP contribution in [0.3, 0.4) is 0 Å². The number of imidazole rings is 1. The summed E-state index contributed by atoms with van der Waals surface area (Å²) in [5.74, 6) is 0.792. The number of hydrogen-bond acceptors (Lipinski definition) is 4. The molecule has 0 amide bonds. The number of rotatable bonds is 4. The van der Waals surface area contributed by atoms with Crippen molar-refractivity contribution in [2.24, 2.45) is 0 Å². The minimum absolute atomic E-state index is 0.136. The van der Waals surface area contributed by atoms with Gasteiger partial charge in [-0.15, -0.1) is 0 Å². The molecule has 3 aromatic rings. The molecule has 2 heterocycles. The van der Waals surface area contributed by atoms with Crippen LogP contribution >= 0.6 is 0 Å². The summed E-state index contributed by atoms with van der Waals surface area (Å²) < 4.78 is 0. The number of benzene rings is 1. The molecule has 0 spiro atoms. The lowest BCUT2D eigenvalue weighted by Crippen LogP contribution is -2.33. The molecule has 2 aromatic heterocycles. The molecule has 0 fully saturated rings. The van der Waals surface area contributed by atoms with Crippen molar-refractivity contribution in [3.63, 3.8) is 0 Å². The monoisotopic (exact) mass is 306 g/mol. The number of fused-ring (bicyclic) bond motifs is 1. The number of H-pyrrole nitrogens is 1. The molecular formula is C18H18N4O. The van der Waals surface area contributed by atoms with Gasteiger partial charge in [-0.05, 0) is 23.3 Å². The van der Waals surface area contributed by atoms with Crippen molar-refractivity contribution in [1.82, 2.24) is 20.3 Å². The van der Waals surface area contributed by atoms with Gasteiger partial charge in [0.05, 0.1) is 17.8 Å². The van der Waals surface area contributed by atoms with Gasteiger partial charge in [-0.1, -0.05) is 30.3 Å². The van der Waals surface area contributed by atoms with Gasteiger partial charge in [0.15, 0.2) is 0 Å². The van der Waals surface area contributed by atoms with Crippen LogP contribution in [0.15, 0.2) is 61.1 Å². The number of aromatic nitrogens is 3. The number of aromatic amines is 1. The molecule has 5 nitrogen and oxygen atoms in total. The normalized spacial score (nSPS) is 21.1. The van der Waals surface area contributed by atoms with E-state index in [0.29, 0.717) is 6.42 Å². The minimum Gasteiger partial charge on any atom is -0.391 e. The zero-order chi connectivity index (χ0) is 15.6. The Hall–Kier alpha value is -2.50. The van der Waals surface area contributed by atoms with E-state index in [9.17, 15) is 5.11 Å². The SMILES string of the molecule is O[C@H]1Cc2ccccc2[C@H]1NC(c1ccccn1)c1ncc[nH]1. The number of hydrogen-bond donors (Lipinski definition) is 3. The first-order valence-corrected chi connectivity index (χ1v) is 7.75. The number of aliphatic hydroxyl groups excluding tert-OH is 1.